The first-order valence-corrected chi connectivity index (χ1v) is 10.8. The Morgan fingerprint density at radius 1 is 1.03 bits per heavy atom. The summed E-state index contributed by atoms with van der Waals surface area (Å²) in [4.78, 5) is 14.4. The van der Waals surface area contributed by atoms with Gasteiger partial charge in [0, 0.05) is 43.8 Å². The van der Waals surface area contributed by atoms with Gasteiger partial charge in [0.1, 0.15) is 5.82 Å². The Morgan fingerprint density at radius 2 is 1.70 bits per heavy atom. The molecule has 164 valence electrons. The van der Waals surface area contributed by atoms with Gasteiger partial charge < -0.3 is 29.3 Å². The molecule has 0 amide bonds. The number of aromatic nitrogens is 2. The second kappa shape index (κ2) is 9.22. The van der Waals surface area contributed by atoms with Gasteiger partial charge in [-0.05, 0) is 51.9 Å². The van der Waals surface area contributed by atoms with Crippen molar-refractivity contribution in [3.63, 3.8) is 0 Å². The minimum atomic E-state index is 0.382. The number of likely N-dealkylation sites (tertiary alicyclic amines) is 1. The van der Waals surface area contributed by atoms with Crippen LogP contribution in [0.15, 0.2) is 12.1 Å². The molecule has 2 aliphatic rings. The number of rotatable bonds is 6. The largest absolute Gasteiger partial charge is 0.493 e. The third-order valence-electron chi connectivity index (χ3n) is 6.30. The molecule has 1 N–H and O–H groups in total. The minimum Gasteiger partial charge on any atom is -0.493 e. The Bertz CT molecular complexity index is 863. The predicted molar refractivity (Wildman–Crippen MR) is 119 cm³/mol. The van der Waals surface area contributed by atoms with E-state index in [1.807, 2.05) is 12.1 Å². The Kier molecular flexibility index (Phi) is 6.43. The first-order valence-electron chi connectivity index (χ1n) is 10.8. The number of fused-ring (bicyclic) bond motifs is 1. The second-order valence-corrected chi connectivity index (χ2v) is 8.27. The van der Waals surface area contributed by atoms with Gasteiger partial charge in [-0.15, -0.1) is 0 Å². The van der Waals surface area contributed by atoms with Gasteiger partial charge >= 0.3 is 0 Å². The van der Waals surface area contributed by atoms with E-state index in [1.165, 1.54) is 0 Å². The van der Waals surface area contributed by atoms with Crippen LogP contribution in [0.25, 0.3) is 10.9 Å². The standard InChI is InChI=1S/C22H33N5O3/c1-26-9-5-15(6-10-26)23-21-17-13-19(28-3)20(29-4)14-18(17)24-22(25-21)27(2)16-7-11-30-12-8-16/h13-16H,5-12H2,1-4H3,(H,23,24,25). The number of nitrogens with one attached hydrogen (secondary N) is 1. The molecule has 3 heterocycles. The zero-order valence-corrected chi connectivity index (χ0v) is 18.5. The van der Waals surface area contributed by atoms with E-state index in [0.717, 1.165) is 74.7 Å². The molecular formula is C22H33N5O3. The first kappa shape index (κ1) is 20.9. The summed E-state index contributed by atoms with van der Waals surface area (Å²) in [6, 6.07) is 4.70. The van der Waals surface area contributed by atoms with Crippen molar-refractivity contribution < 1.29 is 14.2 Å². The van der Waals surface area contributed by atoms with Crippen LogP contribution in [0.2, 0.25) is 0 Å². The zero-order valence-electron chi connectivity index (χ0n) is 18.5. The molecule has 0 aliphatic carbocycles. The van der Waals surface area contributed by atoms with Gasteiger partial charge in [-0.1, -0.05) is 0 Å². The highest BCUT2D eigenvalue weighted by Gasteiger charge is 2.24. The molecule has 0 atom stereocenters. The summed E-state index contributed by atoms with van der Waals surface area (Å²) < 4.78 is 16.6. The molecule has 30 heavy (non-hydrogen) atoms. The van der Waals surface area contributed by atoms with Gasteiger partial charge in [-0.25, -0.2) is 4.98 Å². The SMILES string of the molecule is COc1cc2nc(N(C)C3CCOCC3)nc(NC3CCN(C)CC3)c2cc1OC. The predicted octanol–water partition coefficient (Wildman–Crippen LogP) is 2.77. The topological polar surface area (TPSA) is 72.0 Å². The lowest BCUT2D eigenvalue weighted by molar-refractivity contribution is 0.0852. The molecule has 0 radical (unpaired) electrons. The van der Waals surface area contributed by atoms with Crippen molar-refractivity contribution in [3.8, 4) is 11.5 Å². The molecule has 0 unspecified atom stereocenters. The monoisotopic (exact) mass is 415 g/mol. The lowest BCUT2D eigenvalue weighted by Crippen LogP contribution is -2.38. The van der Waals surface area contributed by atoms with Gasteiger partial charge in [0.25, 0.3) is 0 Å². The third-order valence-corrected chi connectivity index (χ3v) is 6.30. The van der Waals surface area contributed by atoms with E-state index < -0.39 is 0 Å². The average molecular weight is 416 g/mol. The Labute approximate surface area is 178 Å². The Balaban J connectivity index is 1.72. The normalized spacial score (nSPS) is 19.1. The zero-order chi connectivity index (χ0) is 21.1. The number of nitrogens with zero attached hydrogens (tertiary/aromatic N) is 4. The summed E-state index contributed by atoms with van der Waals surface area (Å²) in [6.07, 6.45) is 4.17. The van der Waals surface area contributed by atoms with Crippen LogP contribution in [-0.4, -0.2) is 81.6 Å². The van der Waals surface area contributed by atoms with Crippen molar-refractivity contribution in [1.82, 2.24) is 14.9 Å². The van der Waals surface area contributed by atoms with Crippen LogP contribution < -0.4 is 19.7 Å². The van der Waals surface area contributed by atoms with Gasteiger partial charge in [-0.3, -0.25) is 0 Å². The number of ether oxygens (including phenoxy) is 3. The molecule has 0 bridgehead atoms. The van der Waals surface area contributed by atoms with E-state index >= 15 is 0 Å². The second-order valence-electron chi connectivity index (χ2n) is 8.27. The molecule has 8 heteroatoms. The van der Waals surface area contributed by atoms with Gasteiger partial charge in [-0.2, -0.15) is 4.98 Å². The van der Waals surface area contributed by atoms with E-state index in [0.29, 0.717) is 23.6 Å². The van der Waals surface area contributed by atoms with Crippen molar-refractivity contribution >= 4 is 22.7 Å². The van der Waals surface area contributed by atoms with Crippen LogP contribution in [-0.2, 0) is 4.74 Å². The summed E-state index contributed by atoms with van der Waals surface area (Å²) in [6.45, 7) is 3.75. The van der Waals surface area contributed by atoms with Crippen molar-refractivity contribution in [2.24, 2.45) is 0 Å². The lowest BCUT2D eigenvalue weighted by atomic mass is 10.1. The smallest absolute Gasteiger partial charge is 0.227 e. The summed E-state index contributed by atoms with van der Waals surface area (Å²) in [5.41, 5.74) is 0.854. The van der Waals surface area contributed by atoms with Crippen molar-refractivity contribution in [2.45, 2.75) is 37.8 Å². The van der Waals surface area contributed by atoms with Gasteiger partial charge in [0.15, 0.2) is 11.5 Å². The fourth-order valence-electron chi connectivity index (χ4n) is 4.29. The summed E-state index contributed by atoms with van der Waals surface area (Å²) in [7, 11) is 7.56. The van der Waals surface area contributed by atoms with Crippen molar-refractivity contribution in [1.29, 1.82) is 0 Å². The number of hydrogen-bond acceptors (Lipinski definition) is 8. The van der Waals surface area contributed by atoms with Crippen LogP contribution in [0.5, 0.6) is 11.5 Å². The molecule has 0 saturated carbocycles. The van der Waals surface area contributed by atoms with Crippen LogP contribution in [0, 0.1) is 0 Å². The molecule has 2 saturated heterocycles. The van der Waals surface area contributed by atoms with E-state index in [2.05, 4.69) is 29.2 Å². The van der Waals surface area contributed by atoms with Gasteiger partial charge in [0.05, 0.1) is 19.7 Å². The molecule has 1 aromatic carbocycles. The first-order chi connectivity index (χ1) is 14.6. The van der Waals surface area contributed by atoms with E-state index in [1.54, 1.807) is 14.2 Å². The van der Waals surface area contributed by atoms with E-state index in [-0.39, 0.29) is 0 Å². The highest BCUT2D eigenvalue weighted by atomic mass is 16.5. The number of methoxy groups -OCH3 is 2. The molecular weight excluding hydrogens is 382 g/mol. The molecule has 0 spiro atoms. The maximum atomic E-state index is 5.54. The van der Waals surface area contributed by atoms with Gasteiger partial charge in [0.2, 0.25) is 5.95 Å². The summed E-state index contributed by atoms with van der Waals surface area (Å²) in [5, 5.41) is 4.66. The number of hydrogen-bond donors (Lipinski definition) is 1. The number of piperidine rings is 1. The minimum absolute atomic E-state index is 0.382. The maximum Gasteiger partial charge on any atom is 0.227 e. The summed E-state index contributed by atoms with van der Waals surface area (Å²) in [5.74, 6) is 2.96. The number of benzene rings is 1. The molecule has 4 rings (SSSR count). The average Bonchev–Trinajstić information content (AvgIpc) is 2.79. The lowest BCUT2D eigenvalue weighted by Gasteiger charge is -2.32. The van der Waals surface area contributed by atoms with Crippen molar-refractivity contribution in [2.75, 3.05) is 64.8 Å². The third kappa shape index (κ3) is 4.39. The summed E-state index contributed by atoms with van der Waals surface area (Å²) >= 11 is 0. The van der Waals surface area contributed by atoms with Crippen molar-refractivity contribution in [3.05, 3.63) is 12.1 Å². The number of anilines is 2. The van der Waals surface area contributed by atoms with Crippen LogP contribution in [0.1, 0.15) is 25.7 Å². The molecule has 2 aliphatic heterocycles. The highest BCUT2D eigenvalue weighted by Crippen LogP contribution is 2.36. The fourth-order valence-corrected chi connectivity index (χ4v) is 4.29. The van der Waals surface area contributed by atoms with Crippen LogP contribution in [0.3, 0.4) is 0 Å². The van der Waals surface area contributed by atoms with Crippen LogP contribution >= 0.6 is 0 Å². The molecule has 2 fully saturated rings. The van der Waals surface area contributed by atoms with E-state index in [4.69, 9.17) is 24.2 Å². The fraction of sp³-hybridized carbons (Fsp3) is 0.636. The quantitative estimate of drug-likeness (QED) is 0.772. The Hall–Kier alpha value is -2.32. The van der Waals surface area contributed by atoms with Crippen LogP contribution in [0.4, 0.5) is 11.8 Å². The molecule has 8 nitrogen and oxygen atoms in total. The maximum absolute atomic E-state index is 5.54. The highest BCUT2D eigenvalue weighted by molar-refractivity contribution is 5.93. The Morgan fingerprint density at radius 3 is 2.37 bits per heavy atom. The molecule has 1 aromatic heterocycles. The molecule has 2 aromatic rings. The van der Waals surface area contributed by atoms with E-state index in [9.17, 15) is 0 Å².